The molecule has 5 nitrogen and oxygen atoms in total. The first-order chi connectivity index (χ1) is 12.8. The van der Waals surface area contributed by atoms with Gasteiger partial charge in [-0.2, -0.15) is 18.3 Å². The van der Waals surface area contributed by atoms with Crippen LogP contribution in [0.15, 0.2) is 36.5 Å². The van der Waals surface area contributed by atoms with E-state index in [2.05, 4.69) is 15.4 Å². The van der Waals surface area contributed by atoms with Gasteiger partial charge in [-0.15, -0.1) is 0 Å². The minimum Gasteiger partial charge on any atom is -0.352 e. The van der Waals surface area contributed by atoms with E-state index >= 15 is 0 Å². The molecule has 2 aromatic heterocycles. The number of fused-ring (bicyclic) bond motifs is 1. The number of halogens is 3. The number of carbonyl (C=O) groups excluding carboxylic acids is 1. The van der Waals surface area contributed by atoms with Crippen LogP contribution >= 0.6 is 0 Å². The van der Waals surface area contributed by atoms with Crippen molar-refractivity contribution in [2.45, 2.75) is 19.0 Å². The van der Waals surface area contributed by atoms with E-state index in [4.69, 9.17) is 0 Å². The molecule has 2 heterocycles. The Balaban J connectivity index is 1.79. The molecule has 140 valence electrons. The summed E-state index contributed by atoms with van der Waals surface area (Å²) in [7, 11) is 1.68. The van der Waals surface area contributed by atoms with Crippen LogP contribution in [0.25, 0.3) is 22.3 Å². The molecule has 0 spiro atoms. The Kier molecular flexibility index (Phi) is 4.13. The SMILES string of the molecule is Cn1ncc2c(C(=O)NCC3CC3)cc(-c3cccc(C(F)(F)F)c3)nc21. The molecule has 8 heteroatoms. The van der Waals surface area contributed by atoms with Crippen molar-refractivity contribution in [2.24, 2.45) is 13.0 Å². The number of alkyl halides is 3. The van der Waals surface area contributed by atoms with Crippen LogP contribution in [0.4, 0.5) is 13.2 Å². The molecular formula is C19H17F3N4O. The van der Waals surface area contributed by atoms with Crippen LogP contribution in [0, 0.1) is 5.92 Å². The molecule has 1 aliphatic rings. The Bertz CT molecular complexity index is 1020. The average molecular weight is 374 g/mol. The highest BCUT2D eigenvalue weighted by Crippen LogP contribution is 2.33. The summed E-state index contributed by atoms with van der Waals surface area (Å²) >= 11 is 0. The maximum Gasteiger partial charge on any atom is 0.416 e. The number of aryl methyl sites for hydroxylation is 1. The topological polar surface area (TPSA) is 59.8 Å². The summed E-state index contributed by atoms with van der Waals surface area (Å²) in [5, 5.41) is 7.60. The lowest BCUT2D eigenvalue weighted by Crippen LogP contribution is -2.25. The van der Waals surface area contributed by atoms with Crippen molar-refractivity contribution >= 4 is 16.9 Å². The van der Waals surface area contributed by atoms with Gasteiger partial charge in [0, 0.05) is 19.2 Å². The predicted molar refractivity (Wildman–Crippen MR) is 94.0 cm³/mol. The Labute approximate surface area is 153 Å². The number of amides is 1. The van der Waals surface area contributed by atoms with Gasteiger partial charge in [0.15, 0.2) is 5.65 Å². The van der Waals surface area contributed by atoms with E-state index in [0.29, 0.717) is 40.3 Å². The maximum atomic E-state index is 13.0. The molecule has 0 aliphatic heterocycles. The largest absolute Gasteiger partial charge is 0.416 e. The molecule has 0 unspecified atom stereocenters. The zero-order valence-electron chi connectivity index (χ0n) is 14.5. The summed E-state index contributed by atoms with van der Waals surface area (Å²) in [6.45, 7) is 0.599. The van der Waals surface area contributed by atoms with E-state index in [0.717, 1.165) is 25.0 Å². The zero-order valence-corrected chi connectivity index (χ0v) is 14.5. The monoisotopic (exact) mass is 374 g/mol. The molecule has 27 heavy (non-hydrogen) atoms. The summed E-state index contributed by atoms with van der Waals surface area (Å²) < 4.78 is 40.6. The fourth-order valence-electron chi connectivity index (χ4n) is 2.96. The quantitative estimate of drug-likeness (QED) is 0.756. The molecule has 4 rings (SSSR count). The Morgan fingerprint density at radius 2 is 2.07 bits per heavy atom. The molecule has 1 aliphatic carbocycles. The van der Waals surface area contributed by atoms with Gasteiger partial charge >= 0.3 is 6.18 Å². The highest BCUT2D eigenvalue weighted by Gasteiger charge is 2.30. The fraction of sp³-hybridized carbons (Fsp3) is 0.316. The van der Waals surface area contributed by atoms with Crippen LogP contribution in [-0.2, 0) is 13.2 Å². The van der Waals surface area contributed by atoms with Crippen LogP contribution in [-0.4, -0.2) is 27.2 Å². The van der Waals surface area contributed by atoms with Crippen LogP contribution < -0.4 is 5.32 Å². The molecule has 1 saturated carbocycles. The minimum absolute atomic E-state index is 0.268. The smallest absolute Gasteiger partial charge is 0.352 e. The van der Waals surface area contributed by atoms with E-state index in [-0.39, 0.29) is 5.91 Å². The average Bonchev–Trinajstić information content (AvgIpc) is 3.40. The lowest BCUT2D eigenvalue weighted by atomic mass is 10.0. The van der Waals surface area contributed by atoms with Gasteiger partial charge in [-0.25, -0.2) is 4.98 Å². The lowest BCUT2D eigenvalue weighted by Gasteiger charge is -2.11. The Morgan fingerprint density at radius 3 is 2.78 bits per heavy atom. The molecule has 0 saturated heterocycles. The van der Waals surface area contributed by atoms with Gasteiger partial charge in [0.1, 0.15) is 0 Å². The highest BCUT2D eigenvalue weighted by atomic mass is 19.4. The van der Waals surface area contributed by atoms with Crippen molar-refractivity contribution in [3.63, 3.8) is 0 Å². The van der Waals surface area contributed by atoms with E-state index in [1.807, 2.05) is 0 Å². The second-order valence-electron chi connectivity index (χ2n) is 6.79. The zero-order chi connectivity index (χ0) is 19.2. The number of nitrogens with one attached hydrogen (secondary N) is 1. The van der Waals surface area contributed by atoms with Crippen molar-refractivity contribution in [2.75, 3.05) is 6.54 Å². The predicted octanol–water partition coefficient (Wildman–Crippen LogP) is 3.79. The second-order valence-corrected chi connectivity index (χ2v) is 6.79. The molecule has 1 fully saturated rings. The van der Waals surface area contributed by atoms with Crippen molar-refractivity contribution < 1.29 is 18.0 Å². The fourth-order valence-corrected chi connectivity index (χ4v) is 2.96. The number of pyridine rings is 1. The summed E-state index contributed by atoms with van der Waals surface area (Å²) in [4.78, 5) is 17.1. The molecule has 0 bridgehead atoms. The number of hydrogen-bond donors (Lipinski definition) is 1. The molecule has 3 aromatic rings. The number of hydrogen-bond acceptors (Lipinski definition) is 3. The van der Waals surface area contributed by atoms with Crippen LogP contribution in [0.5, 0.6) is 0 Å². The van der Waals surface area contributed by atoms with Crippen LogP contribution in [0.2, 0.25) is 0 Å². The summed E-state index contributed by atoms with van der Waals surface area (Å²) in [5.41, 5.74) is 0.646. The Morgan fingerprint density at radius 1 is 1.30 bits per heavy atom. The number of benzene rings is 1. The molecule has 0 radical (unpaired) electrons. The first kappa shape index (κ1) is 17.5. The normalized spacial score (nSPS) is 14.5. The molecular weight excluding hydrogens is 357 g/mol. The first-order valence-corrected chi connectivity index (χ1v) is 8.61. The number of nitrogens with zero attached hydrogens (tertiary/aromatic N) is 3. The Hall–Kier alpha value is -2.90. The van der Waals surface area contributed by atoms with E-state index < -0.39 is 11.7 Å². The van der Waals surface area contributed by atoms with Gasteiger partial charge in [0.05, 0.1) is 28.4 Å². The van der Waals surface area contributed by atoms with Crippen molar-refractivity contribution in [3.8, 4) is 11.3 Å². The third-order valence-corrected chi connectivity index (χ3v) is 4.68. The standard InChI is InChI=1S/C19H17F3N4O/c1-26-17-15(10-24-26)14(18(27)23-9-11-5-6-11)8-16(25-17)12-3-2-4-13(7-12)19(20,21)22/h2-4,7-8,10-11H,5-6,9H2,1H3,(H,23,27). The van der Waals surface area contributed by atoms with Gasteiger partial charge in [-0.1, -0.05) is 12.1 Å². The van der Waals surface area contributed by atoms with Gasteiger partial charge < -0.3 is 5.32 Å². The van der Waals surface area contributed by atoms with Gasteiger partial charge in [0.2, 0.25) is 0 Å². The van der Waals surface area contributed by atoms with Crippen molar-refractivity contribution in [1.82, 2.24) is 20.1 Å². The summed E-state index contributed by atoms with van der Waals surface area (Å²) in [5.74, 6) is 0.249. The number of aromatic nitrogens is 3. The van der Waals surface area contributed by atoms with Crippen LogP contribution in [0.1, 0.15) is 28.8 Å². The van der Waals surface area contributed by atoms with E-state index in [1.54, 1.807) is 19.3 Å². The van der Waals surface area contributed by atoms with Crippen LogP contribution in [0.3, 0.4) is 0 Å². The molecule has 1 amide bonds. The molecule has 1 aromatic carbocycles. The lowest BCUT2D eigenvalue weighted by molar-refractivity contribution is -0.137. The van der Waals surface area contributed by atoms with Gasteiger partial charge in [-0.3, -0.25) is 9.48 Å². The third-order valence-electron chi connectivity index (χ3n) is 4.68. The van der Waals surface area contributed by atoms with E-state index in [9.17, 15) is 18.0 Å². The first-order valence-electron chi connectivity index (χ1n) is 8.61. The highest BCUT2D eigenvalue weighted by molar-refractivity contribution is 6.06. The van der Waals surface area contributed by atoms with Gasteiger partial charge in [0.25, 0.3) is 5.91 Å². The minimum atomic E-state index is -4.45. The molecule has 0 atom stereocenters. The number of carbonyl (C=O) groups is 1. The van der Waals surface area contributed by atoms with E-state index in [1.165, 1.54) is 16.8 Å². The molecule has 1 N–H and O–H groups in total. The van der Waals surface area contributed by atoms with Crippen molar-refractivity contribution in [3.05, 3.63) is 47.7 Å². The summed E-state index contributed by atoms with van der Waals surface area (Å²) in [6, 6.07) is 6.46. The second kappa shape index (κ2) is 6.37. The summed E-state index contributed by atoms with van der Waals surface area (Å²) in [6.07, 6.45) is -0.690. The maximum absolute atomic E-state index is 13.0. The van der Waals surface area contributed by atoms with Gasteiger partial charge in [-0.05, 0) is 37.0 Å². The third kappa shape index (κ3) is 3.51. The number of rotatable bonds is 4. The van der Waals surface area contributed by atoms with Crippen molar-refractivity contribution in [1.29, 1.82) is 0 Å².